The molecular formula is C12H12ClN3O2S. The van der Waals surface area contributed by atoms with Crippen LogP contribution in [0.15, 0.2) is 24.3 Å². The highest BCUT2D eigenvalue weighted by Gasteiger charge is 2.07. The van der Waals surface area contributed by atoms with Gasteiger partial charge in [-0.05, 0) is 24.6 Å². The fourth-order valence-electron chi connectivity index (χ4n) is 1.37. The number of anilines is 1. The molecule has 1 amide bonds. The molecule has 100 valence electrons. The van der Waals surface area contributed by atoms with Crippen molar-refractivity contribution in [3.63, 3.8) is 0 Å². The lowest BCUT2D eigenvalue weighted by atomic mass is 10.2. The summed E-state index contributed by atoms with van der Waals surface area (Å²) in [7, 11) is 0. The van der Waals surface area contributed by atoms with E-state index in [1.807, 2.05) is 31.2 Å². The van der Waals surface area contributed by atoms with Gasteiger partial charge in [-0.1, -0.05) is 23.5 Å². The van der Waals surface area contributed by atoms with Crippen LogP contribution in [0.25, 0.3) is 0 Å². The third kappa shape index (κ3) is 4.18. The Labute approximate surface area is 119 Å². The predicted octanol–water partition coefficient (Wildman–Crippen LogP) is 2.60. The van der Waals surface area contributed by atoms with Crippen molar-refractivity contribution < 1.29 is 9.53 Å². The largest absolute Gasteiger partial charge is 0.486 e. The Bertz CT molecular complexity index is 574. The van der Waals surface area contributed by atoms with Crippen LogP contribution < -0.4 is 10.1 Å². The molecule has 1 aromatic heterocycles. The monoisotopic (exact) mass is 297 g/mol. The number of benzene rings is 1. The van der Waals surface area contributed by atoms with Crippen molar-refractivity contribution in [1.29, 1.82) is 0 Å². The molecule has 0 saturated heterocycles. The van der Waals surface area contributed by atoms with Gasteiger partial charge < -0.3 is 4.74 Å². The van der Waals surface area contributed by atoms with E-state index < -0.39 is 0 Å². The summed E-state index contributed by atoms with van der Waals surface area (Å²) in [5.74, 6) is 0.375. The highest BCUT2D eigenvalue weighted by Crippen LogP contribution is 2.18. The number of aryl methyl sites for hydroxylation is 1. The average Bonchev–Trinajstić information content (AvgIpc) is 2.84. The van der Waals surface area contributed by atoms with Gasteiger partial charge in [0.15, 0.2) is 5.01 Å². The minimum absolute atomic E-state index is 0.102. The number of amides is 1. The van der Waals surface area contributed by atoms with Gasteiger partial charge in [-0.25, -0.2) is 0 Å². The highest BCUT2D eigenvalue weighted by molar-refractivity contribution is 7.15. The van der Waals surface area contributed by atoms with Crippen molar-refractivity contribution >= 4 is 34.0 Å². The SMILES string of the molecule is Cc1cccc(OCc2nnc(NC(=O)CCl)s2)c1. The Morgan fingerprint density at radius 1 is 1.47 bits per heavy atom. The smallest absolute Gasteiger partial charge is 0.241 e. The Balaban J connectivity index is 1.91. The van der Waals surface area contributed by atoms with Crippen LogP contribution in [0.2, 0.25) is 0 Å². The molecule has 1 N–H and O–H groups in total. The quantitative estimate of drug-likeness (QED) is 0.862. The van der Waals surface area contributed by atoms with Gasteiger partial charge in [-0.3, -0.25) is 10.1 Å². The van der Waals surface area contributed by atoms with E-state index in [4.69, 9.17) is 16.3 Å². The fourth-order valence-corrected chi connectivity index (χ4v) is 2.10. The molecule has 0 fully saturated rings. The van der Waals surface area contributed by atoms with Crippen molar-refractivity contribution in [1.82, 2.24) is 10.2 Å². The molecule has 0 bridgehead atoms. The summed E-state index contributed by atoms with van der Waals surface area (Å²) in [5.41, 5.74) is 1.13. The topological polar surface area (TPSA) is 64.1 Å². The van der Waals surface area contributed by atoms with Crippen LogP contribution in [0.1, 0.15) is 10.6 Å². The van der Waals surface area contributed by atoms with Crippen LogP contribution >= 0.6 is 22.9 Å². The van der Waals surface area contributed by atoms with Gasteiger partial charge in [-0.15, -0.1) is 21.8 Å². The number of halogens is 1. The number of aromatic nitrogens is 2. The molecule has 0 radical (unpaired) electrons. The summed E-state index contributed by atoms with van der Waals surface area (Å²) < 4.78 is 5.59. The highest BCUT2D eigenvalue weighted by atomic mass is 35.5. The van der Waals surface area contributed by atoms with Gasteiger partial charge in [0.1, 0.15) is 18.2 Å². The summed E-state index contributed by atoms with van der Waals surface area (Å²) in [5, 5.41) is 11.4. The maximum absolute atomic E-state index is 11.1. The Morgan fingerprint density at radius 3 is 3.05 bits per heavy atom. The molecule has 5 nitrogen and oxygen atoms in total. The van der Waals surface area contributed by atoms with Crippen molar-refractivity contribution in [2.24, 2.45) is 0 Å². The Hall–Kier alpha value is -1.66. The second-order valence-electron chi connectivity index (χ2n) is 3.79. The lowest BCUT2D eigenvalue weighted by Gasteiger charge is -2.03. The van der Waals surface area contributed by atoms with Crippen LogP contribution in [0.3, 0.4) is 0 Å². The molecule has 1 aromatic carbocycles. The lowest BCUT2D eigenvalue weighted by Crippen LogP contribution is -2.12. The van der Waals surface area contributed by atoms with E-state index in [0.717, 1.165) is 11.3 Å². The number of ether oxygens (including phenoxy) is 1. The number of alkyl halides is 1. The normalized spacial score (nSPS) is 10.2. The number of nitrogens with zero attached hydrogens (tertiary/aromatic N) is 2. The van der Waals surface area contributed by atoms with Gasteiger partial charge in [0, 0.05) is 0 Å². The molecule has 0 atom stereocenters. The summed E-state index contributed by atoms with van der Waals surface area (Å²) >= 11 is 6.65. The molecule has 2 rings (SSSR count). The van der Waals surface area contributed by atoms with Gasteiger partial charge in [-0.2, -0.15) is 0 Å². The maximum atomic E-state index is 11.1. The number of carbonyl (C=O) groups excluding carboxylic acids is 1. The van der Waals surface area contributed by atoms with Crippen LogP contribution in [-0.4, -0.2) is 22.0 Å². The summed E-state index contributed by atoms with van der Waals surface area (Å²) in [6.45, 7) is 2.31. The first kappa shape index (κ1) is 13.8. The molecule has 7 heteroatoms. The van der Waals surface area contributed by atoms with Gasteiger partial charge in [0.2, 0.25) is 11.0 Å². The first-order valence-corrected chi connectivity index (χ1v) is 6.90. The van der Waals surface area contributed by atoms with Crippen LogP contribution in [-0.2, 0) is 11.4 Å². The Morgan fingerprint density at radius 2 is 2.32 bits per heavy atom. The molecule has 0 aliphatic carbocycles. The molecule has 1 heterocycles. The van der Waals surface area contributed by atoms with Crippen molar-refractivity contribution in [3.05, 3.63) is 34.8 Å². The van der Waals surface area contributed by atoms with E-state index >= 15 is 0 Å². The minimum Gasteiger partial charge on any atom is -0.486 e. The minimum atomic E-state index is -0.302. The molecular weight excluding hydrogens is 286 g/mol. The van der Waals surface area contributed by atoms with Crippen molar-refractivity contribution in [3.8, 4) is 5.75 Å². The van der Waals surface area contributed by atoms with Gasteiger partial charge in [0.25, 0.3) is 0 Å². The molecule has 0 spiro atoms. The average molecular weight is 298 g/mol. The number of rotatable bonds is 5. The van der Waals surface area contributed by atoms with Crippen molar-refractivity contribution in [2.45, 2.75) is 13.5 Å². The van der Waals surface area contributed by atoms with E-state index in [2.05, 4.69) is 15.5 Å². The van der Waals surface area contributed by atoms with Crippen LogP contribution in [0.4, 0.5) is 5.13 Å². The first-order valence-electron chi connectivity index (χ1n) is 5.55. The zero-order chi connectivity index (χ0) is 13.7. The third-order valence-electron chi connectivity index (χ3n) is 2.19. The molecule has 0 aliphatic rings. The zero-order valence-electron chi connectivity index (χ0n) is 10.2. The van der Waals surface area contributed by atoms with E-state index in [-0.39, 0.29) is 11.8 Å². The summed E-state index contributed by atoms with van der Waals surface area (Å²) in [6, 6.07) is 7.75. The van der Waals surface area contributed by atoms with Gasteiger partial charge >= 0.3 is 0 Å². The third-order valence-corrected chi connectivity index (χ3v) is 3.24. The van der Waals surface area contributed by atoms with Crippen molar-refractivity contribution in [2.75, 3.05) is 11.2 Å². The Kier molecular flexibility index (Phi) is 4.70. The second-order valence-corrected chi connectivity index (χ2v) is 5.12. The number of hydrogen-bond donors (Lipinski definition) is 1. The maximum Gasteiger partial charge on any atom is 0.241 e. The molecule has 2 aromatic rings. The van der Waals surface area contributed by atoms with E-state index in [9.17, 15) is 4.79 Å². The van der Waals surface area contributed by atoms with Crippen LogP contribution in [0, 0.1) is 6.92 Å². The number of hydrogen-bond acceptors (Lipinski definition) is 5. The molecule has 0 aliphatic heterocycles. The van der Waals surface area contributed by atoms with Gasteiger partial charge in [0.05, 0.1) is 0 Å². The van der Waals surface area contributed by atoms with E-state index in [0.29, 0.717) is 16.7 Å². The predicted molar refractivity (Wildman–Crippen MR) is 74.8 cm³/mol. The zero-order valence-corrected chi connectivity index (χ0v) is 11.8. The van der Waals surface area contributed by atoms with E-state index in [1.54, 1.807) is 0 Å². The number of carbonyl (C=O) groups is 1. The summed E-state index contributed by atoms with van der Waals surface area (Å²) in [6.07, 6.45) is 0. The molecule has 0 unspecified atom stereocenters. The fraction of sp³-hybridized carbons (Fsp3) is 0.250. The van der Waals surface area contributed by atoms with Crippen LogP contribution in [0.5, 0.6) is 5.75 Å². The second kappa shape index (κ2) is 6.49. The summed E-state index contributed by atoms with van der Waals surface area (Å²) in [4.78, 5) is 11.1. The molecule has 19 heavy (non-hydrogen) atoms. The first-order chi connectivity index (χ1) is 9.17. The number of nitrogens with one attached hydrogen (secondary N) is 1. The lowest BCUT2D eigenvalue weighted by molar-refractivity contribution is -0.113. The standard InChI is InChI=1S/C12H12ClN3O2S/c1-8-3-2-4-9(5-8)18-7-11-15-16-12(19-11)14-10(17)6-13/h2-5H,6-7H2,1H3,(H,14,16,17). The van der Waals surface area contributed by atoms with E-state index in [1.165, 1.54) is 11.3 Å². The molecule has 0 saturated carbocycles.